The van der Waals surface area contributed by atoms with E-state index in [1.165, 1.54) is 19.6 Å². The second kappa shape index (κ2) is 10.4. The molecule has 0 saturated heterocycles. The summed E-state index contributed by atoms with van der Waals surface area (Å²) in [4.78, 5) is 60.3. The van der Waals surface area contributed by atoms with Crippen molar-refractivity contribution in [2.24, 2.45) is 0 Å². The monoisotopic (exact) mass is 514 g/mol. The smallest absolute Gasteiger partial charge is 0.337 e. The molecule has 12 heteroatoms. The Labute approximate surface area is 215 Å². The van der Waals surface area contributed by atoms with Crippen molar-refractivity contribution in [2.45, 2.75) is 13.1 Å². The molecule has 0 unspecified atom stereocenters. The average molecular weight is 514 g/mol. The van der Waals surface area contributed by atoms with Crippen LogP contribution in [-0.2, 0) is 22.6 Å². The van der Waals surface area contributed by atoms with Crippen molar-refractivity contribution in [2.75, 3.05) is 19.0 Å². The molecule has 192 valence electrons. The Hall–Kier alpha value is -5.26. The first-order valence-electron chi connectivity index (χ1n) is 11.5. The third-order valence-corrected chi connectivity index (χ3v) is 5.85. The predicted molar refractivity (Wildman–Crippen MR) is 135 cm³/mol. The molecule has 0 atom stereocenters. The molecule has 12 nitrogen and oxygen atoms in total. The number of carbonyl (C=O) groups excluding carboxylic acids is 4. The summed E-state index contributed by atoms with van der Waals surface area (Å²) in [5, 5.41) is 8.30. The lowest BCUT2D eigenvalue weighted by Crippen LogP contribution is -2.26. The number of H-pyrrole nitrogens is 1. The number of methoxy groups -OCH3 is 1. The number of benzene rings is 2. The summed E-state index contributed by atoms with van der Waals surface area (Å²) in [7, 11) is 1.30. The maximum atomic E-state index is 12.9. The van der Waals surface area contributed by atoms with E-state index < -0.39 is 17.8 Å². The van der Waals surface area contributed by atoms with E-state index in [4.69, 9.17) is 9.47 Å². The van der Waals surface area contributed by atoms with Gasteiger partial charge < -0.3 is 30.4 Å². The van der Waals surface area contributed by atoms with E-state index >= 15 is 0 Å². The van der Waals surface area contributed by atoms with Crippen LogP contribution in [-0.4, -0.2) is 52.4 Å². The van der Waals surface area contributed by atoms with Crippen LogP contribution in [0.3, 0.4) is 0 Å². The van der Waals surface area contributed by atoms with Crippen molar-refractivity contribution in [3.05, 3.63) is 82.9 Å². The first kappa shape index (κ1) is 24.4. The fourth-order valence-corrected chi connectivity index (χ4v) is 3.99. The molecule has 0 saturated carbocycles. The number of nitrogens with zero attached hydrogens (tertiary/aromatic N) is 2. The van der Waals surface area contributed by atoms with E-state index in [-0.39, 0.29) is 36.9 Å². The lowest BCUT2D eigenvalue weighted by Gasteiger charge is -2.18. The summed E-state index contributed by atoms with van der Waals surface area (Å²) in [6.45, 7) is 0.304. The van der Waals surface area contributed by atoms with Gasteiger partial charge in [0.05, 0.1) is 29.4 Å². The average Bonchev–Trinajstić information content (AvgIpc) is 3.38. The van der Waals surface area contributed by atoms with Crippen LogP contribution in [0.2, 0.25) is 0 Å². The predicted octanol–water partition coefficient (Wildman–Crippen LogP) is 1.94. The number of anilines is 1. The van der Waals surface area contributed by atoms with Crippen molar-refractivity contribution < 1.29 is 28.7 Å². The standard InChI is InChI=1S/C26H22N6O6/c1-37-26(36)16-4-2-3-14(7-16)9-28-24(34)17-11-27-22-21(17)30-13-31-23(22)25(35)29-10-15-5-6-19-18(8-15)32-20(33)12-38-19/h2-8,11,13,27H,9-10,12H2,1H3,(H,28,34)(H,29,35)(H,32,33). The molecule has 0 radical (unpaired) electrons. The maximum Gasteiger partial charge on any atom is 0.337 e. The van der Waals surface area contributed by atoms with Crippen LogP contribution < -0.4 is 20.7 Å². The Balaban J connectivity index is 1.27. The van der Waals surface area contributed by atoms with Gasteiger partial charge in [0.15, 0.2) is 12.3 Å². The van der Waals surface area contributed by atoms with E-state index in [9.17, 15) is 19.2 Å². The maximum absolute atomic E-state index is 12.9. The zero-order valence-corrected chi connectivity index (χ0v) is 20.2. The van der Waals surface area contributed by atoms with Crippen molar-refractivity contribution >= 4 is 40.4 Å². The molecule has 38 heavy (non-hydrogen) atoms. The number of ether oxygens (including phenoxy) is 2. The summed E-state index contributed by atoms with van der Waals surface area (Å²) in [6.07, 6.45) is 2.68. The van der Waals surface area contributed by atoms with Gasteiger partial charge in [-0.2, -0.15) is 0 Å². The van der Waals surface area contributed by atoms with Crippen LogP contribution in [0.25, 0.3) is 11.0 Å². The van der Waals surface area contributed by atoms with E-state index in [0.717, 1.165) is 5.56 Å². The fraction of sp³-hybridized carbons (Fsp3) is 0.154. The molecule has 2 aromatic carbocycles. The molecule has 4 N–H and O–H groups in total. The second-order valence-electron chi connectivity index (χ2n) is 8.37. The minimum absolute atomic E-state index is 0.0362. The van der Waals surface area contributed by atoms with Gasteiger partial charge in [0.1, 0.15) is 17.6 Å². The Kier molecular flexibility index (Phi) is 6.68. The Morgan fingerprint density at radius 2 is 1.82 bits per heavy atom. The van der Waals surface area contributed by atoms with Crippen LogP contribution in [0.1, 0.15) is 42.3 Å². The van der Waals surface area contributed by atoms with Gasteiger partial charge in [-0.05, 0) is 35.4 Å². The Morgan fingerprint density at radius 1 is 1.03 bits per heavy atom. The van der Waals surface area contributed by atoms with Gasteiger partial charge in [0.2, 0.25) is 0 Å². The van der Waals surface area contributed by atoms with E-state index in [1.54, 1.807) is 42.5 Å². The quantitative estimate of drug-likeness (QED) is 0.272. The highest BCUT2D eigenvalue weighted by Gasteiger charge is 2.20. The topological polar surface area (TPSA) is 164 Å². The van der Waals surface area contributed by atoms with Crippen molar-refractivity contribution in [1.29, 1.82) is 0 Å². The van der Waals surface area contributed by atoms with Crippen LogP contribution >= 0.6 is 0 Å². The number of amides is 3. The van der Waals surface area contributed by atoms with Crippen LogP contribution in [0.15, 0.2) is 55.0 Å². The van der Waals surface area contributed by atoms with Gasteiger partial charge in [-0.3, -0.25) is 14.4 Å². The Bertz CT molecular complexity index is 1580. The number of fused-ring (bicyclic) bond motifs is 2. The van der Waals surface area contributed by atoms with Gasteiger partial charge >= 0.3 is 5.97 Å². The normalized spacial score (nSPS) is 12.2. The molecule has 3 heterocycles. The molecule has 0 bridgehead atoms. The number of nitrogens with one attached hydrogen (secondary N) is 4. The lowest BCUT2D eigenvalue weighted by molar-refractivity contribution is -0.118. The minimum atomic E-state index is -0.469. The van der Waals surface area contributed by atoms with Gasteiger partial charge in [-0.1, -0.05) is 18.2 Å². The molecule has 1 aliphatic heterocycles. The van der Waals surface area contributed by atoms with Crippen LogP contribution in [0.4, 0.5) is 5.69 Å². The number of esters is 1. The number of hydrogen-bond donors (Lipinski definition) is 4. The number of rotatable bonds is 7. The first-order valence-corrected chi connectivity index (χ1v) is 11.5. The van der Waals surface area contributed by atoms with Crippen molar-refractivity contribution in [3.8, 4) is 5.75 Å². The highest BCUT2D eigenvalue weighted by Crippen LogP contribution is 2.28. The summed E-state index contributed by atoms with van der Waals surface area (Å²) in [5.41, 5.74) is 3.30. The molecule has 0 aliphatic carbocycles. The first-order chi connectivity index (χ1) is 18.4. The summed E-state index contributed by atoms with van der Waals surface area (Å²) >= 11 is 0. The summed E-state index contributed by atoms with van der Waals surface area (Å²) in [5.74, 6) is -1.04. The number of carbonyl (C=O) groups is 4. The molecule has 5 rings (SSSR count). The van der Waals surface area contributed by atoms with Gasteiger partial charge in [0, 0.05) is 19.3 Å². The summed E-state index contributed by atoms with van der Waals surface area (Å²) in [6, 6.07) is 12.0. The Morgan fingerprint density at radius 3 is 2.63 bits per heavy atom. The van der Waals surface area contributed by atoms with Crippen LogP contribution in [0.5, 0.6) is 5.75 Å². The highest BCUT2D eigenvalue weighted by atomic mass is 16.5. The third kappa shape index (κ3) is 5.00. The molecule has 0 fully saturated rings. The minimum Gasteiger partial charge on any atom is -0.482 e. The lowest BCUT2D eigenvalue weighted by atomic mass is 10.1. The number of aromatic nitrogens is 3. The molecule has 1 aliphatic rings. The zero-order chi connectivity index (χ0) is 26.6. The molecular formula is C26H22N6O6. The highest BCUT2D eigenvalue weighted by molar-refractivity contribution is 6.10. The summed E-state index contributed by atoms with van der Waals surface area (Å²) < 4.78 is 10.1. The van der Waals surface area contributed by atoms with E-state index in [0.29, 0.717) is 33.6 Å². The molecule has 3 amide bonds. The number of aromatic amines is 1. The van der Waals surface area contributed by atoms with Gasteiger partial charge in [0.25, 0.3) is 17.7 Å². The molecule has 4 aromatic rings. The largest absolute Gasteiger partial charge is 0.482 e. The molecule has 0 spiro atoms. The van der Waals surface area contributed by atoms with Crippen LogP contribution in [0, 0.1) is 0 Å². The number of hydrogen-bond acceptors (Lipinski definition) is 8. The molecular weight excluding hydrogens is 492 g/mol. The van der Waals surface area contributed by atoms with Crippen molar-refractivity contribution in [3.63, 3.8) is 0 Å². The zero-order valence-electron chi connectivity index (χ0n) is 20.2. The van der Waals surface area contributed by atoms with Crippen molar-refractivity contribution in [1.82, 2.24) is 25.6 Å². The van der Waals surface area contributed by atoms with E-state index in [2.05, 4.69) is 30.9 Å². The van der Waals surface area contributed by atoms with Gasteiger partial charge in [-0.15, -0.1) is 0 Å². The SMILES string of the molecule is COC(=O)c1cccc(CNC(=O)c2c[nH]c3c(C(=O)NCc4ccc5c(c4)NC(=O)CO5)ncnc23)c1. The van der Waals surface area contributed by atoms with E-state index in [1.807, 2.05) is 0 Å². The van der Waals surface area contributed by atoms with Gasteiger partial charge in [-0.25, -0.2) is 14.8 Å². The fourth-order valence-electron chi connectivity index (χ4n) is 3.99. The third-order valence-electron chi connectivity index (χ3n) is 5.85. The second-order valence-corrected chi connectivity index (χ2v) is 8.37. The molecule has 2 aromatic heterocycles.